The smallest absolute Gasteiger partial charge is 0.144 e. The van der Waals surface area contributed by atoms with Gasteiger partial charge in [-0.25, -0.2) is 4.98 Å². The van der Waals surface area contributed by atoms with Crippen LogP contribution in [0.5, 0.6) is 0 Å². The molecular weight excluding hydrogens is 186 g/mol. The number of aromatic nitrogens is 1. The van der Waals surface area contributed by atoms with E-state index in [1.54, 1.807) is 6.20 Å². The fourth-order valence-electron chi connectivity index (χ4n) is 0.882. The van der Waals surface area contributed by atoms with E-state index in [2.05, 4.69) is 16.8 Å². The average Bonchev–Trinajstić information content (AvgIpc) is 2.10. The molecule has 0 saturated heterocycles. The summed E-state index contributed by atoms with van der Waals surface area (Å²) in [5.41, 5.74) is 1.75. The highest BCUT2D eigenvalue weighted by Gasteiger charge is 1.99. The zero-order chi connectivity index (χ0) is 9.68. The number of aliphatic hydroxyl groups excluding tert-OH is 1. The van der Waals surface area contributed by atoms with E-state index in [4.69, 9.17) is 16.7 Å². The highest BCUT2D eigenvalue weighted by atomic mass is 35.5. The van der Waals surface area contributed by atoms with Crippen LogP contribution in [0.3, 0.4) is 0 Å². The Hall–Kier alpha value is -1.04. The van der Waals surface area contributed by atoms with Crippen LogP contribution in [0.1, 0.15) is 17.5 Å². The second kappa shape index (κ2) is 4.86. The first-order valence-electron chi connectivity index (χ1n) is 3.96. The van der Waals surface area contributed by atoms with Gasteiger partial charge in [-0.05, 0) is 18.6 Å². The van der Waals surface area contributed by atoms with Crippen LogP contribution in [0.2, 0.25) is 5.15 Å². The van der Waals surface area contributed by atoms with Crippen LogP contribution in [0, 0.1) is 18.8 Å². The van der Waals surface area contributed by atoms with E-state index >= 15 is 0 Å². The quantitative estimate of drug-likeness (QED) is 0.548. The molecule has 0 saturated carbocycles. The van der Waals surface area contributed by atoms with Crippen molar-refractivity contribution < 1.29 is 5.11 Å². The Kier molecular flexibility index (Phi) is 3.75. The lowest BCUT2D eigenvalue weighted by Gasteiger charge is -1.97. The molecule has 0 aliphatic heterocycles. The van der Waals surface area contributed by atoms with Gasteiger partial charge in [0.2, 0.25) is 0 Å². The summed E-state index contributed by atoms with van der Waals surface area (Å²) in [6.45, 7) is 2.00. The first kappa shape index (κ1) is 10.0. The van der Waals surface area contributed by atoms with Gasteiger partial charge < -0.3 is 5.11 Å². The van der Waals surface area contributed by atoms with E-state index in [-0.39, 0.29) is 6.61 Å². The van der Waals surface area contributed by atoms with Gasteiger partial charge in [0.05, 0.1) is 12.2 Å². The largest absolute Gasteiger partial charge is 0.395 e. The standard InChI is InChI=1S/C10H10ClNO/c1-8-5-6-12-10(11)9(8)4-2-3-7-13/h5-6,13H,3,7H2,1H3. The Morgan fingerprint density at radius 2 is 2.38 bits per heavy atom. The zero-order valence-electron chi connectivity index (χ0n) is 7.34. The molecule has 0 bridgehead atoms. The minimum absolute atomic E-state index is 0.0733. The maximum Gasteiger partial charge on any atom is 0.144 e. The van der Waals surface area contributed by atoms with Crippen molar-refractivity contribution in [3.8, 4) is 11.8 Å². The molecule has 1 heterocycles. The Bertz CT molecular complexity index is 331. The van der Waals surface area contributed by atoms with Crippen LogP contribution in [0.4, 0.5) is 0 Å². The van der Waals surface area contributed by atoms with E-state index in [0.717, 1.165) is 11.1 Å². The molecule has 1 aromatic rings. The van der Waals surface area contributed by atoms with E-state index in [1.165, 1.54) is 0 Å². The molecule has 0 atom stereocenters. The third-order valence-corrected chi connectivity index (χ3v) is 1.85. The summed E-state index contributed by atoms with van der Waals surface area (Å²) in [5.74, 6) is 5.69. The fourth-order valence-corrected chi connectivity index (χ4v) is 1.13. The lowest BCUT2D eigenvalue weighted by molar-refractivity contribution is 0.305. The number of aryl methyl sites for hydroxylation is 1. The summed E-state index contributed by atoms with van der Waals surface area (Å²) in [4.78, 5) is 3.92. The molecule has 13 heavy (non-hydrogen) atoms. The average molecular weight is 196 g/mol. The third-order valence-electron chi connectivity index (χ3n) is 1.56. The molecule has 2 nitrogen and oxygen atoms in total. The molecule has 0 spiro atoms. The predicted molar refractivity (Wildman–Crippen MR) is 52.6 cm³/mol. The second-order valence-electron chi connectivity index (χ2n) is 2.57. The van der Waals surface area contributed by atoms with Gasteiger partial charge in [0.15, 0.2) is 0 Å². The number of hydrogen-bond donors (Lipinski definition) is 1. The van der Waals surface area contributed by atoms with Gasteiger partial charge in [-0.2, -0.15) is 0 Å². The molecule has 0 fully saturated rings. The van der Waals surface area contributed by atoms with Gasteiger partial charge >= 0.3 is 0 Å². The highest BCUT2D eigenvalue weighted by molar-refractivity contribution is 6.30. The maximum atomic E-state index is 8.53. The van der Waals surface area contributed by atoms with Gasteiger partial charge in [-0.15, -0.1) is 0 Å². The van der Waals surface area contributed by atoms with Gasteiger partial charge in [0.25, 0.3) is 0 Å². The van der Waals surface area contributed by atoms with E-state index < -0.39 is 0 Å². The normalized spacial score (nSPS) is 9.15. The number of hydrogen-bond acceptors (Lipinski definition) is 2. The predicted octanol–water partition coefficient (Wildman–Crippen LogP) is 1.78. The molecule has 1 aromatic heterocycles. The lowest BCUT2D eigenvalue weighted by Crippen LogP contribution is -1.87. The Morgan fingerprint density at radius 1 is 1.62 bits per heavy atom. The van der Waals surface area contributed by atoms with Gasteiger partial charge in [0.1, 0.15) is 5.15 Å². The molecular formula is C10H10ClNO. The summed E-state index contributed by atoms with van der Waals surface area (Å²) < 4.78 is 0. The minimum atomic E-state index is 0.0733. The topological polar surface area (TPSA) is 33.1 Å². The molecule has 0 aliphatic carbocycles. The van der Waals surface area contributed by atoms with Gasteiger partial charge in [-0.1, -0.05) is 23.4 Å². The van der Waals surface area contributed by atoms with Crippen molar-refractivity contribution in [3.63, 3.8) is 0 Å². The van der Waals surface area contributed by atoms with Gasteiger partial charge in [0, 0.05) is 12.6 Å². The number of nitrogens with zero attached hydrogens (tertiary/aromatic N) is 1. The third kappa shape index (κ3) is 2.73. The first-order chi connectivity index (χ1) is 6.25. The van der Waals surface area contributed by atoms with Crippen molar-refractivity contribution in [2.75, 3.05) is 6.61 Å². The zero-order valence-corrected chi connectivity index (χ0v) is 8.10. The summed E-state index contributed by atoms with van der Waals surface area (Å²) in [5, 5.41) is 8.95. The SMILES string of the molecule is Cc1ccnc(Cl)c1C#CCCO. The molecule has 3 heteroatoms. The number of halogens is 1. The van der Waals surface area contributed by atoms with Crippen LogP contribution in [-0.2, 0) is 0 Å². The fraction of sp³-hybridized carbons (Fsp3) is 0.300. The molecule has 1 rings (SSSR count). The van der Waals surface area contributed by atoms with Crippen molar-refractivity contribution in [3.05, 3.63) is 28.5 Å². The van der Waals surface area contributed by atoms with Crippen LogP contribution in [-0.4, -0.2) is 16.7 Å². The van der Waals surface area contributed by atoms with Crippen LogP contribution < -0.4 is 0 Å². The molecule has 1 N–H and O–H groups in total. The summed E-state index contributed by atoms with van der Waals surface area (Å²) >= 11 is 5.83. The first-order valence-corrected chi connectivity index (χ1v) is 4.34. The second-order valence-corrected chi connectivity index (χ2v) is 2.93. The Balaban J connectivity index is 2.95. The van der Waals surface area contributed by atoms with Crippen LogP contribution in [0.15, 0.2) is 12.3 Å². The molecule has 0 radical (unpaired) electrons. The van der Waals surface area contributed by atoms with Gasteiger partial charge in [-0.3, -0.25) is 0 Å². The monoisotopic (exact) mass is 195 g/mol. The molecule has 0 aromatic carbocycles. The van der Waals surface area contributed by atoms with E-state index in [0.29, 0.717) is 11.6 Å². The van der Waals surface area contributed by atoms with Crippen molar-refractivity contribution in [2.45, 2.75) is 13.3 Å². The summed E-state index contributed by atoms with van der Waals surface area (Å²) in [6.07, 6.45) is 2.11. The molecule has 0 unspecified atom stereocenters. The maximum absolute atomic E-state index is 8.53. The summed E-state index contributed by atoms with van der Waals surface area (Å²) in [6, 6.07) is 1.86. The van der Waals surface area contributed by atoms with Crippen LogP contribution in [0.25, 0.3) is 0 Å². The number of pyridine rings is 1. The highest BCUT2D eigenvalue weighted by Crippen LogP contribution is 2.14. The van der Waals surface area contributed by atoms with E-state index in [1.807, 2.05) is 13.0 Å². The van der Waals surface area contributed by atoms with Crippen molar-refractivity contribution in [1.82, 2.24) is 4.98 Å². The van der Waals surface area contributed by atoms with Crippen molar-refractivity contribution in [1.29, 1.82) is 0 Å². The Morgan fingerprint density at radius 3 is 3.00 bits per heavy atom. The minimum Gasteiger partial charge on any atom is -0.395 e. The van der Waals surface area contributed by atoms with Crippen molar-refractivity contribution in [2.24, 2.45) is 0 Å². The van der Waals surface area contributed by atoms with Crippen LogP contribution >= 0.6 is 11.6 Å². The van der Waals surface area contributed by atoms with E-state index in [9.17, 15) is 0 Å². The molecule has 0 aliphatic rings. The summed E-state index contributed by atoms with van der Waals surface area (Å²) in [7, 11) is 0. The Labute approximate surface area is 82.6 Å². The number of aliphatic hydroxyl groups is 1. The van der Waals surface area contributed by atoms with Crippen molar-refractivity contribution >= 4 is 11.6 Å². The lowest BCUT2D eigenvalue weighted by atomic mass is 10.1. The molecule has 68 valence electrons. The molecule has 0 amide bonds. The number of rotatable bonds is 1.